The summed E-state index contributed by atoms with van der Waals surface area (Å²) in [6.45, 7) is 2.54. The van der Waals surface area contributed by atoms with E-state index in [2.05, 4.69) is 11.5 Å². The molecule has 0 radical (unpaired) electrons. The second kappa shape index (κ2) is 10.2. The van der Waals surface area contributed by atoms with Crippen LogP contribution >= 0.6 is 0 Å². The van der Waals surface area contributed by atoms with E-state index >= 15 is 0 Å². The molecule has 0 bridgehead atoms. The minimum absolute atomic E-state index is 0.0731. The van der Waals surface area contributed by atoms with Crippen molar-refractivity contribution in [3.8, 4) is 45.8 Å². The van der Waals surface area contributed by atoms with Crippen LogP contribution in [0.5, 0.6) is 34.5 Å². The second-order valence-electron chi connectivity index (χ2n) is 9.19. The number of aromatic nitrogens is 1. The number of hydrogen-bond acceptors (Lipinski definition) is 8. The third kappa shape index (κ3) is 4.37. The van der Waals surface area contributed by atoms with Crippen molar-refractivity contribution in [2.45, 2.75) is 32.9 Å². The highest BCUT2D eigenvalue weighted by molar-refractivity contribution is 5.95. The third-order valence-corrected chi connectivity index (χ3v) is 7.15. The number of nitro groups is 1. The maximum absolute atomic E-state index is 11.8. The average molecular weight is 534 g/mol. The lowest BCUT2D eigenvalue weighted by Crippen LogP contribution is -2.41. The number of aryl methyl sites for hydroxylation is 3. The minimum Gasteiger partial charge on any atom is -0.504 e. The largest absolute Gasteiger partial charge is 0.504 e. The molecule has 0 saturated heterocycles. The Morgan fingerprint density at radius 2 is 1.67 bits per heavy atom. The fourth-order valence-electron chi connectivity index (χ4n) is 5.29. The molecule has 39 heavy (non-hydrogen) atoms. The van der Waals surface area contributed by atoms with E-state index < -0.39 is 4.92 Å². The Morgan fingerprint density at radius 1 is 0.949 bits per heavy atom. The van der Waals surface area contributed by atoms with Crippen LogP contribution in [0.4, 0.5) is 5.69 Å². The van der Waals surface area contributed by atoms with Gasteiger partial charge in [-0.3, -0.25) is 10.1 Å². The van der Waals surface area contributed by atoms with Gasteiger partial charge in [-0.15, -0.1) is 0 Å². The van der Waals surface area contributed by atoms with E-state index in [-0.39, 0.29) is 40.9 Å². The van der Waals surface area contributed by atoms with Gasteiger partial charge in [0.15, 0.2) is 47.2 Å². The van der Waals surface area contributed by atoms with Crippen LogP contribution in [-0.2, 0) is 26.0 Å². The topological polar surface area (TPSA) is 124 Å². The summed E-state index contributed by atoms with van der Waals surface area (Å²) >= 11 is 0. The normalized spacial score (nSPS) is 12.0. The zero-order valence-corrected chi connectivity index (χ0v) is 22.1. The van der Waals surface area contributed by atoms with Gasteiger partial charge in [-0.05, 0) is 42.3 Å². The van der Waals surface area contributed by atoms with E-state index in [1.54, 1.807) is 12.1 Å². The molecule has 2 heterocycles. The van der Waals surface area contributed by atoms with Gasteiger partial charge in [0.1, 0.15) is 6.61 Å². The van der Waals surface area contributed by atoms with Gasteiger partial charge in [-0.2, -0.15) is 4.57 Å². The van der Waals surface area contributed by atoms with Crippen molar-refractivity contribution in [1.29, 1.82) is 0 Å². The fourth-order valence-corrected chi connectivity index (χ4v) is 5.29. The lowest BCUT2D eigenvalue weighted by molar-refractivity contribution is -0.686. The first-order chi connectivity index (χ1) is 18.8. The molecule has 3 aromatic carbocycles. The molecular formula is C29H29N2O8+. The van der Waals surface area contributed by atoms with Gasteiger partial charge in [-0.1, -0.05) is 6.92 Å². The standard InChI is InChI=1S/C29H28N2O8/c1-5-18-19-6-7-23(32)29(39-15-17-11-26(37-3)27(38-4)13-22(17)31(34)35)21(19)14-30-9-8-16-10-24(33)25(36-2)12-20(16)28(18)30/h6-7,10-14,32H,5,8-9,15H2,1-4H3/p+1. The number of pyridine rings is 1. The van der Waals surface area contributed by atoms with Crippen LogP contribution in [-0.4, -0.2) is 36.5 Å². The number of phenols is 2. The van der Waals surface area contributed by atoms with Crippen LogP contribution in [0.15, 0.2) is 42.6 Å². The van der Waals surface area contributed by atoms with Crippen molar-refractivity contribution in [3.05, 3.63) is 69.4 Å². The minimum atomic E-state index is -0.505. The van der Waals surface area contributed by atoms with Gasteiger partial charge < -0.3 is 29.2 Å². The van der Waals surface area contributed by atoms with Gasteiger partial charge in [0.05, 0.1) is 48.8 Å². The van der Waals surface area contributed by atoms with Gasteiger partial charge in [0.25, 0.3) is 5.69 Å². The lowest BCUT2D eigenvalue weighted by atomic mass is 9.90. The Bertz CT molecular complexity index is 1620. The third-order valence-electron chi connectivity index (χ3n) is 7.15. The average Bonchev–Trinajstić information content (AvgIpc) is 2.94. The first kappa shape index (κ1) is 25.9. The molecule has 5 rings (SSSR count). The van der Waals surface area contributed by atoms with Crippen LogP contribution in [0.25, 0.3) is 22.0 Å². The number of phenolic OH excluding ortho intramolecular Hbond substituents is 2. The predicted octanol–water partition coefficient (Wildman–Crippen LogP) is 4.84. The summed E-state index contributed by atoms with van der Waals surface area (Å²) in [5, 5.41) is 34.5. The van der Waals surface area contributed by atoms with Crippen LogP contribution in [0.3, 0.4) is 0 Å². The molecule has 1 aliphatic rings. The molecule has 10 nitrogen and oxygen atoms in total. The monoisotopic (exact) mass is 533 g/mol. The summed E-state index contributed by atoms with van der Waals surface area (Å²) in [4.78, 5) is 11.3. The molecule has 0 aliphatic carbocycles. The smallest absolute Gasteiger partial charge is 0.280 e. The van der Waals surface area contributed by atoms with E-state index in [0.29, 0.717) is 36.3 Å². The Kier molecular flexibility index (Phi) is 6.78. The van der Waals surface area contributed by atoms with E-state index in [0.717, 1.165) is 27.8 Å². The Hall–Kier alpha value is -4.73. The predicted molar refractivity (Wildman–Crippen MR) is 143 cm³/mol. The summed E-state index contributed by atoms with van der Waals surface area (Å²) < 4.78 is 24.1. The quantitative estimate of drug-likeness (QED) is 0.187. The first-order valence-electron chi connectivity index (χ1n) is 12.4. The molecule has 0 atom stereocenters. The first-order valence-corrected chi connectivity index (χ1v) is 12.4. The number of hydrogen-bond donors (Lipinski definition) is 2. The maximum atomic E-state index is 11.8. The molecule has 2 N–H and O–H groups in total. The Morgan fingerprint density at radius 3 is 2.33 bits per heavy atom. The number of nitrogens with zero attached hydrogens (tertiary/aromatic N) is 2. The summed E-state index contributed by atoms with van der Waals surface area (Å²) in [5.74, 6) is 1.24. The van der Waals surface area contributed by atoms with Gasteiger partial charge in [-0.25, -0.2) is 0 Å². The molecule has 1 aliphatic heterocycles. The zero-order valence-electron chi connectivity index (χ0n) is 22.1. The van der Waals surface area contributed by atoms with E-state index in [1.807, 2.05) is 18.3 Å². The number of benzene rings is 3. The second-order valence-corrected chi connectivity index (χ2v) is 9.19. The molecule has 202 valence electrons. The molecule has 0 spiro atoms. The summed E-state index contributed by atoms with van der Waals surface area (Å²) in [6, 6.07) is 9.83. The van der Waals surface area contributed by atoms with Crippen molar-refractivity contribution in [1.82, 2.24) is 0 Å². The SMILES string of the molecule is CCc1c2[n+](cc3c(OCc4cc(OC)c(OC)cc4[N+](=O)[O-])c(O)ccc13)CCc1cc(O)c(OC)cc1-2. The Balaban J connectivity index is 1.64. The highest BCUT2D eigenvalue weighted by atomic mass is 16.6. The zero-order chi connectivity index (χ0) is 27.8. The van der Waals surface area contributed by atoms with E-state index in [9.17, 15) is 20.3 Å². The number of methoxy groups -OCH3 is 3. The number of fused-ring (bicyclic) bond motifs is 4. The summed E-state index contributed by atoms with van der Waals surface area (Å²) in [6.07, 6.45) is 3.33. The molecule has 10 heteroatoms. The summed E-state index contributed by atoms with van der Waals surface area (Å²) in [7, 11) is 4.38. The Labute approximate surface area is 224 Å². The van der Waals surface area contributed by atoms with Crippen LogP contribution in [0.2, 0.25) is 0 Å². The van der Waals surface area contributed by atoms with E-state index in [4.69, 9.17) is 18.9 Å². The maximum Gasteiger partial charge on any atom is 0.280 e. The molecule has 0 unspecified atom stereocenters. The van der Waals surface area contributed by atoms with Gasteiger partial charge in [0, 0.05) is 17.4 Å². The number of ether oxygens (including phenoxy) is 4. The van der Waals surface area contributed by atoms with Crippen LogP contribution in [0.1, 0.15) is 23.6 Å². The van der Waals surface area contributed by atoms with Gasteiger partial charge in [0.2, 0.25) is 5.69 Å². The molecule has 4 aromatic rings. The van der Waals surface area contributed by atoms with E-state index in [1.165, 1.54) is 33.5 Å². The van der Waals surface area contributed by atoms with Crippen molar-refractivity contribution in [2.75, 3.05) is 21.3 Å². The number of rotatable bonds is 8. The number of nitro benzene ring substituents is 1. The van der Waals surface area contributed by atoms with Crippen molar-refractivity contribution in [3.63, 3.8) is 0 Å². The van der Waals surface area contributed by atoms with Crippen molar-refractivity contribution >= 4 is 16.5 Å². The highest BCUT2D eigenvalue weighted by Gasteiger charge is 2.31. The highest BCUT2D eigenvalue weighted by Crippen LogP contribution is 2.43. The number of aromatic hydroxyl groups is 2. The lowest BCUT2D eigenvalue weighted by Gasteiger charge is -2.21. The molecule has 0 amide bonds. The van der Waals surface area contributed by atoms with Crippen molar-refractivity contribution < 1.29 is 38.7 Å². The van der Waals surface area contributed by atoms with Crippen LogP contribution < -0.4 is 23.5 Å². The molecular weight excluding hydrogens is 504 g/mol. The molecule has 1 aromatic heterocycles. The fraction of sp³-hybridized carbons (Fsp3) is 0.276. The molecule has 0 fully saturated rings. The van der Waals surface area contributed by atoms with Gasteiger partial charge >= 0.3 is 0 Å². The van der Waals surface area contributed by atoms with Crippen LogP contribution in [0, 0.1) is 10.1 Å². The molecule has 0 saturated carbocycles. The summed E-state index contributed by atoms with van der Waals surface area (Å²) in [5.41, 5.74) is 4.16. The van der Waals surface area contributed by atoms with Crippen molar-refractivity contribution in [2.24, 2.45) is 0 Å².